The first-order valence-electron chi connectivity index (χ1n) is 6.54. The van der Waals surface area contributed by atoms with Crippen molar-refractivity contribution < 1.29 is 4.79 Å². The minimum absolute atomic E-state index is 0.0361. The van der Waals surface area contributed by atoms with Gasteiger partial charge in [-0.05, 0) is 6.42 Å². The summed E-state index contributed by atoms with van der Waals surface area (Å²) in [5.74, 6) is 0. The van der Waals surface area contributed by atoms with Gasteiger partial charge in [-0.25, -0.2) is 4.79 Å². The van der Waals surface area contributed by atoms with E-state index in [9.17, 15) is 4.79 Å². The Hall–Kier alpha value is -0.770. The van der Waals surface area contributed by atoms with Gasteiger partial charge in [0, 0.05) is 29.5 Å². The highest BCUT2D eigenvalue weighted by Gasteiger charge is 2.60. The minimum Gasteiger partial charge on any atom is -0.338 e. The molecule has 0 aromatic carbocycles. The molecule has 0 atom stereocenters. The summed E-state index contributed by atoms with van der Waals surface area (Å²) < 4.78 is 0. The van der Waals surface area contributed by atoms with Gasteiger partial charge in [-0.1, -0.05) is 41.0 Å². The maximum atomic E-state index is 11.7. The number of nitrogens with two attached hydrogens (primary N) is 1. The highest BCUT2D eigenvalue weighted by molar-refractivity contribution is 5.74. The smallest absolute Gasteiger partial charge is 0.315 e. The van der Waals surface area contributed by atoms with Crippen LogP contribution in [0.5, 0.6) is 0 Å². The van der Waals surface area contributed by atoms with E-state index in [1.54, 1.807) is 0 Å². The number of urea groups is 1. The van der Waals surface area contributed by atoms with Crippen molar-refractivity contribution >= 4 is 6.03 Å². The van der Waals surface area contributed by atoms with Gasteiger partial charge in [-0.2, -0.15) is 0 Å². The first kappa shape index (κ1) is 14.3. The SMILES string of the molecule is CCCCNC(=O)NC1C(C)(C)C(N)C1(C)C. The molecule has 0 radical (unpaired) electrons. The lowest BCUT2D eigenvalue weighted by Crippen LogP contribution is -2.76. The van der Waals surface area contributed by atoms with Gasteiger partial charge in [0.05, 0.1) is 0 Å². The van der Waals surface area contributed by atoms with E-state index in [-0.39, 0.29) is 28.9 Å². The maximum absolute atomic E-state index is 11.7. The van der Waals surface area contributed by atoms with Crippen molar-refractivity contribution in [3.05, 3.63) is 0 Å². The summed E-state index contributed by atoms with van der Waals surface area (Å²) in [5.41, 5.74) is 6.08. The molecular weight excluding hydrogens is 214 g/mol. The summed E-state index contributed by atoms with van der Waals surface area (Å²) in [7, 11) is 0. The van der Waals surface area contributed by atoms with Gasteiger partial charge in [0.2, 0.25) is 0 Å². The van der Waals surface area contributed by atoms with Crippen LogP contribution in [0.3, 0.4) is 0 Å². The van der Waals surface area contributed by atoms with E-state index in [2.05, 4.69) is 45.3 Å². The van der Waals surface area contributed by atoms with Crippen LogP contribution < -0.4 is 16.4 Å². The van der Waals surface area contributed by atoms with Crippen LogP contribution in [0.15, 0.2) is 0 Å². The molecule has 0 heterocycles. The van der Waals surface area contributed by atoms with Crippen LogP contribution in [0.25, 0.3) is 0 Å². The van der Waals surface area contributed by atoms with Crippen LogP contribution in [0.4, 0.5) is 4.79 Å². The zero-order valence-corrected chi connectivity index (χ0v) is 11.8. The second-order valence-corrected chi connectivity index (χ2v) is 6.31. The van der Waals surface area contributed by atoms with E-state index >= 15 is 0 Å². The molecule has 0 spiro atoms. The second kappa shape index (κ2) is 4.84. The molecule has 0 aromatic heterocycles. The highest BCUT2D eigenvalue weighted by atomic mass is 16.2. The van der Waals surface area contributed by atoms with Crippen molar-refractivity contribution in [3.8, 4) is 0 Å². The molecule has 0 aliphatic heterocycles. The van der Waals surface area contributed by atoms with Crippen molar-refractivity contribution in [1.82, 2.24) is 10.6 Å². The summed E-state index contributed by atoms with van der Waals surface area (Å²) in [6.45, 7) is 11.3. The molecule has 1 aliphatic rings. The number of rotatable bonds is 4. The fraction of sp³-hybridized carbons (Fsp3) is 0.923. The van der Waals surface area contributed by atoms with E-state index in [1.165, 1.54) is 0 Å². The van der Waals surface area contributed by atoms with Gasteiger partial charge in [0.15, 0.2) is 0 Å². The molecule has 1 aliphatic carbocycles. The summed E-state index contributed by atoms with van der Waals surface area (Å²) in [5, 5.41) is 5.94. The summed E-state index contributed by atoms with van der Waals surface area (Å²) in [6, 6.07) is 0.180. The summed E-state index contributed by atoms with van der Waals surface area (Å²) in [4.78, 5) is 11.7. The van der Waals surface area contributed by atoms with Crippen molar-refractivity contribution in [2.75, 3.05) is 6.54 Å². The molecule has 1 fully saturated rings. The van der Waals surface area contributed by atoms with E-state index in [0.29, 0.717) is 0 Å². The number of carbonyl (C=O) groups excluding carboxylic acids is 1. The molecule has 0 aromatic rings. The first-order chi connectivity index (χ1) is 7.74. The molecule has 1 rings (SSSR count). The Labute approximate surface area is 105 Å². The topological polar surface area (TPSA) is 67.2 Å². The van der Waals surface area contributed by atoms with E-state index in [0.717, 1.165) is 19.4 Å². The lowest BCUT2D eigenvalue weighted by molar-refractivity contribution is -0.0645. The molecule has 4 N–H and O–H groups in total. The number of carbonyl (C=O) groups is 1. The van der Waals surface area contributed by atoms with Crippen LogP contribution in [0.2, 0.25) is 0 Å². The van der Waals surface area contributed by atoms with Crippen molar-refractivity contribution in [2.24, 2.45) is 16.6 Å². The molecule has 1 saturated carbocycles. The number of hydrogen-bond acceptors (Lipinski definition) is 2. The highest BCUT2D eigenvalue weighted by Crippen LogP contribution is 2.52. The standard InChI is InChI=1S/C13H27N3O/c1-6-7-8-15-11(17)16-10-12(2,3)9(14)13(10,4)5/h9-10H,6-8,14H2,1-5H3,(H2,15,16,17). The van der Waals surface area contributed by atoms with E-state index in [1.807, 2.05) is 0 Å². The predicted molar refractivity (Wildman–Crippen MR) is 70.8 cm³/mol. The van der Waals surface area contributed by atoms with Gasteiger partial charge in [-0.3, -0.25) is 0 Å². The Morgan fingerprint density at radius 1 is 1.24 bits per heavy atom. The van der Waals surface area contributed by atoms with Crippen LogP contribution >= 0.6 is 0 Å². The first-order valence-corrected chi connectivity index (χ1v) is 6.54. The zero-order valence-electron chi connectivity index (χ0n) is 11.8. The third kappa shape index (κ3) is 2.57. The largest absolute Gasteiger partial charge is 0.338 e. The Kier molecular flexibility index (Phi) is 4.07. The molecule has 2 amide bonds. The Balaban J connectivity index is 2.48. The van der Waals surface area contributed by atoms with Gasteiger partial charge in [0.1, 0.15) is 0 Å². The third-order valence-corrected chi connectivity index (χ3v) is 4.18. The van der Waals surface area contributed by atoms with Crippen LogP contribution in [-0.2, 0) is 0 Å². The van der Waals surface area contributed by atoms with Crippen molar-refractivity contribution in [2.45, 2.75) is 59.5 Å². The van der Waals surface area contributed by atoms with Crippen LogP contribution in [0.1, 0.15) is 47.5 Å². The monoisotopic (exact) mass is 241 g/mol. The Morgan fingerprint density at radius 3 is 2.24 bits per heavy atom. The van der Waals surface area contributed by atoms with Crippen LogP contribution in [-0.4, -0.2) is 24.7 Å². The predicted octanol–water partition coefficient (Wildman–Crippen LogP) is 1.85. The average molecular weight is 241 g/mol. The Morgan fingerprint density at radius 2 is 1.76 bits per heavy atom. The fourth-order valence-corrected chi connectivity index (χ4v) is 3.11. The summed E-state index contributed by atoms with van der Waals surface area (Å²) in [6.07, 6.45) is 2.11. The normalized spacial score (nSPS) is 29.3. The second-order valence-electron chi connectivity index (χ2n) is 6.31. The van der Waals surface area contributed by atoms with Crippen LogP contribution in [0, 0.1) is 10.8 Å². The van der Waals surface area contributed by atoms with Crippen molar-refractivity contribution in [3.63, 3.8) is 0 Å². The van der Waals surface area contributed by atoms with Crippen molar-refractivity contribution in [1.29, 1.82) is 0 Å². The zero-order chi connectivity index (χ0) is 13.3. The molecular formula is C13H27N3O. The maximum Gasteiger partial charge on any atom is 0.315 e. The van der Waals surface area contributed by atoms with Gasteiger partial charge >= 0.3 is 6.03 Å². The lowest BCUT2D eigenvalue weighted by Gasteiger charge is -2.62. The molecule has 0 bridgehead atoms. The number of hydrogen-bond donors (Lipinski definition) is 3. The van der Waals surface area contributed by atoms with Gasteiger partial charge in [0.25, 0.3) is 0 Å². The quantitative estimate of drug-likeness (QED) is 0.658. The molecule has 0 unspecified atom stereocenters. The summed E-state index contributed by atoms with van der Waals surface area (Å²) >= 11 is 0. The molecule has 4 nitrogen and oxygen atoms in total. The number of amides is 2. The average Bonchev–Trinajstić information content (AvgIpc) is 2.25. The molecule has 17 heavy (non-hydrogen) atoms. The third-order valence-electron chi connectivity index (χ3n) is 4.18. The molecule has 0 saturated heterocycles. The fourth-order valence-electron chi connectivity index (χ4n) is 3.11. The minimum atomic E-state index is -0.0727. The van der Waals surface area contributed by atoms with E-state index < -0.39 is 0 Å². The lowest BCUT2D eigenvalue weighted by atomic mass is 9.48. The van der Waals surface area contributed by atoms with E-state index in [4.69, 9.17) is 5.73 Å². The van der Waals surface area contributed by atoms with Gasteiger partial charge in [-0.15, -0.1) is 0 Å². The van der Waals surface area contributed by atoms with Gasteiger partial charge < -0.3 is 16.4 Å². The Bertz CT molecular complexity index is 270. The molecule has 4 heteroatoms. The molecule has 100 valence electrons. The number of unbranched alkanes of at least 4 members (excludes halogenated alkanes) is 1. The number of nitrogens with one attached hydrogen (secondary N) is 2.